The van der Waals surface area contributed by atoms with Gasteiger partial charge in [0.15, 0.2) is 0 Å². The van der Waals surface area contributed by atoms with Gasteiger partial charge in [0.25, 0.3) is 0 Å². The van der Waals surface area contributed by atoms with Crippen molar-refractivity contribution in [1.82, 2.24) is 4.90 Å². The van der Waals surface area contributed by atoms with Gasteiger partial charge in [0.1, 0.15) is 0 Å². The van der Waals surface area contributed by atoms with Gasteiger partial charge in [-0.2, -0.15) is 0 Å². The number of hydrogen-bond acceptors (Lipinski definition) is 3. The van der Waals surface area contributed by atoms with Crippen molar-refractivity contribution in [2.75, 3.05) is 26.3 Å². The Balaban J connectivity index is 1.99. The van der Waals surface area contributed by atoms with Crippen molar-refractivity contribution < 1.29 is 19.4 Å². The maximum atomic E-state index is 12.3. The number of likely N-dealkylation sites (tertiary alicyclic amines) is 1. The van der Waals surface area contributed by atoms with E-state index in [2.05, 4.69) is 0 Å². The maximum Gasteiger partial charge on any atom is 0.311 e. The summed E-state index contributed by atoms with van der Waals surface area (Å²) in [6.45, 7) is 4.05. The van der Waals surface area contributed by atoms with Crippen molar-refractivity contribution in [3.63, 3.8) is 0 Å². The van der Waals surface area contributed by atoms with Crippen LogP contribution in [-0.4, -0.2) is 48.2 Å². The molecule has 2 aliphatic heterocycles. The summed E-state index contributed by atoms with van der Waals surface area (Å²) in [6, 6.07) is 0. The molecule has 18 heavy (non-hydrogen) atoms. The van der Waals surface area contributed by atoms with Crippen LogP contribution >= 0.6 is 0 Å². The molecule has 1 atom stereocenters. The molecular weight excluding hydrogens is 234 g/mol. The number of rotatable bonds is 2. The molecule has 2 saturated heterocycles. The number of carboxylic acid groups (broad SMARTS) is 1. The van der Waals surface area contributed by atoms with Crippen LogP contribution in [0.5, 0.6) is 0 Å². The third-order valence-electron chi connectivity index (χ3n) is 4.09. The van der Waals surface area contributed by atoms with Gasteiger partial charge < -0.3 is 14.7 Å². The van der Waals surface area contributed by atoms with Crippen molar-refractivity contribution in [2.24, 2.45) is 11.3 Å². The predicted molar refractivity (Wildman–Crippen MR) is 65.1 cm³/mol. The number of amides is 1. The van der Waals surface area contributed by atoms with Gasteiger partial charge in [0.05, 0.1) is 5.41 Å². The highest BCUT2D eigenvalue weighted by Gasteiger charge is 2.40. The van der Waals surface area contributed by atoms with Gasteiger partial charge in [0, 0.05) is 32.2 Å². The Bertz CT molecular complexity index is 338. The summed E-state index contributed by atoms with van der Waals surface area (Å²) in [6.07, 6.45) is 2.95. The summed E-state index contributed by atoms with van der Waals surface area (Å²) >= 11 is 0. The fraction of sp³-hybridized carbons (Fsp3) is 0.846. The van der Waals surface area contributed by atoms with Crippen LogP contribution in [0.1, 0.15) is 32.6 Å². The van der Waals surface area contributed by atoms with E-state index in [0.29, 0.717) is 32.7 Å². The molecule has 102 valence electrons. The van der Waals surface area contributed by atoms with E-state index in [1.165, 1.54) is 0 Å². The minimum atomic E-state index is -0.799. The van der Waals surface area contributed by atoms with Gasteiger partial charge in [0.2, 0.25) is 5.91 Å². The normalized spacial score (nSPS) is 30.2. The molecular formula is C13H21NO4. The fourth-order valence-electron chi connectivity index (χ4n) is 2.80. The van der Waals surface area contributed by atoms with Crippen molar-refractivity contribution in [3.8, 4) is 0 Å². The van der Waals surface area contributed by atoms with E-state index in [0.717, 1.165) is 19.3 Å². The van der Waals surface area contributed by atoms with E-state index in [1.807, 2.05) is 0 Å². The average molecular weight is 255 g/mol. The highest BCUT2D eigenvalue weighted by atomic mass is 16.5. The van der Waals surface area contributed by atoms with Gasteiger partial charge >= 0.3 is 5.97 Å². The first-order valence-corrected chi connectivity index (χ1v) is 6.63. The standard InChI is InChI=1S/C13H21NO4/c1-13(12(16)17)5-2-6-14(9-13)11(15)10-3-7-18-8-4-10/h10H,2-9H2,1H3,(H,16,17). The molecule has 0 aromatic heterocycles. The average Bonchev–Trinajstić information content (AvgIpc) is 2.39. The number of ether oxygens (including phenoxy) is 1. The van der Waals surface area contributed by atoms with E-state index >= 15 is 0 Å². The van der Waals surface area contributed by atoms with Crippen molar-refractivity contribution in [2.45, 2.75) is 32.6 Å². The van der Waals surface area contributed by atoms with Gasteiger partial charge in [-0.25, -0.2) is 0 Å². The smallest absolute Gasteiger partial charge is 0.311 e. The zero-order chi connectivity index (χ0) is 13.2. The van der Waals surface area contributed by atoms with Crippen LogP contribution < -0.4 is 0 Å². The second kappa shape index (κ2) is 5.26. The monoisotopic (exact) mass is 255 g/mol. The molecule has 0 radical (unpaired) electrons. The maximum absolute atomic E-state index is 12.3. The topological polar surface area (TPSA) is 66.8 Å². The number of nitrogens with zero attached hydrogens (tertiary/aromatic N) is 1. The van der Waals surface area contributed by atoms with Crippen LogP contribution in [0.4, 0.5) is 0 Å². The molecule has 0 aromatic carbocycles. The summed E-state index contributed by atoms with van der Waals surface area (Å²) in [7, 11) is 0. The van der Waals surface area contributed by atoms with Crippen LogP contribution in [0, 0.1) is 11.3 Å². The first-order chi connectivity index (χ1) is 8.53. The lowest BCUT2D eigenvalue weighted by molar-refractivity contribution is -0.155. The molecule has 1 N–H and O–H groups in total. The Hall–Kier alpha value is -1.10. The quantitative estimate of drug-likeness (QED) is 0.803. The van der Waals surface area contributed by atoms with Crippen molar-refractivity contribution in [1.29, 1.82) is 0 Å². The number of carbonyl (C=O) groups excluding carboxylic acids is 1. The molecule has 0 spiro atoms. The summed E-state index contributed by atoms with van der Waals surface area (Å²) in [4.78, 5) is 25.3. The molecule has 0 aromatic rings. The Morgan fingerprint density at radius 2 is 2.00 bits per heavy atom. The first kappa shape index (κ1) is 13.3. The van der Waals surface area contributed by atoms with Gasteiger partial charge in [-0.15, -0.1) is 0 Å². The van der Waals surface area contributed by atoms with Crippen LogP contribution in [0.3, 0.4) is 0 Å². The van der Waals surface area contributed by atoms with Crippen LogP contribution in [-0.2, 0) is 14.3 Å². The lowest BCUT2D eigenvalue weighted by Crippen LogP contribution is -2.50. The van der Waals surface area contributed by atoms with Crippen LogP contribution in [0.15, 0.2) is 0 Å². The Labute approximate surface area is 107 Å². The third-order valence-corrected chi connectivity index (χ3v) is 4.09. The summed E-state index contributed by atoms with van der Waals surface area (Å²) in [5, 5.41) is 9.25. The van der Waals surface area contributed by atoms with Crippen molar-refractivity contribution in [3.05, 3.63) is 0 Å². The number of carboxylic acids is 1. The molecule has 5 nitrogen and oxygen atoms in total. The fourth-order valence-corrected chi connectivity index (χ4v) is 2.80. The minimum Gasteiger partial charge on any atom is -0.481 e. The minimum absolute atomic E-state index is 0.0231. The lowest BCUT2D eigenvalue weighted by Gasteiger charge is -2.39. The number of hydrogen-bond donors (Lipinski definition) is 1. The second-order valence-corrected chi connectivity index (χ2v) is 5.62. The second-order valence-electron chi connectivity index (χ2n) is 5.62. The van der Waals surface area contributed by atoms with E-state index in [4.69, 9.17) is 4.74 Å². The molecule has 0 aliphatic carbocycles. The third kappa shape index (κ3) is 2.66. The molecule has 2 heterocycles. The lowest BCUT2D eigenvalue weighted by atomic mass is 9.81. The zero-order valence-electron chi connectivity index (χ0n) is 10.9. The largest absolute Gasteiger partial charge is 0.481 e. The molecule has 1 unspecified atom stereocenters. The van der Waals surface area contributed by atoms with E-state index < -0.39 is 11.4 Å². The number of piperidine rings is 1. The molecule has 2 aliphatic rings. The van der Waals surface area contributed by atoms with Gasteiger partial charge in [-0.1, -0.05) is 0 Å². The molecule has 2 rings (SSSR count). The molecule has 0 saturated carbocycles. The zero-order valence-corrected chi connectivity index (χ0v) is 10.9. The molecule has 0 bridgehead atoms. The summed E-state index contributed by atoms with van der Waals surface area (Å²) in [5.74, 6) is -0.660. The highest BCUT2D eigenvalue weighted by molar-refractivity contribution is 5.81. The van der Waals surface area contributed by atoms with Gasteiger partial charge in [-0.05, 0) is 32.6 Å². The van der Waals surface area contributed by atoms with E-state index in [9.17, 15) is 14.7 Å². The van der Waals surface area contributed by atoms with E-state index in [1.54, 1.807) is 11.8 Å². The van der Waals surface area contributed by atoms with Crippen LogP contribution in [0.2, 0.25) is 0 Å². The predicted octanol–water partition coefficient (Wildman–Crippen LogP) is 1.13. The highest BCUT2D eigenvalue weighted by Crippen LogP contribution is 2.31. The summed E-state index contributed by atoms with van der Waals surface area (Å²) < 4.78 is 5.25. The SMILES string of the molecule is CC1(C(=O)O)CCCN(C(=O)C2CCOCC2)C1. The summed E-state index contributed by atoms with van der Waals surface area (Å²) in [5.41, 5.74) is -0.779. The number of carbonyl (C=O) groups is 2. The Kier molecular flexibility index (Phi) is 3.90. The molecule has 1 amide bonds. The van der Waals surface area contributed by atoms with Crippen LogP contribution in [0.25, 0.3) is 0 Å². The van der Waals surface area contributed by atoms with Gasteiger partial charge in [-0.3, -0.25) is 9.59 Å². The molecule has 5 heteroatoms. The Morgan fingerprint density at radius 1 is 1.33 bits per heavy atom. The van der Waals surface area contributed by atoms with E-state index in [-0.39, 0.29) is 11.8 Å². The Morgan fingerprint density at radius 3 is 2.61 bits per heavy atom. The van der Waals surface area contributed by atoms with Crippen molar-refractivity contribution >= 4 is 11.9 Å². The molecule has 2 fully saturated rings. The number of aliphatic carboxylic acids is 1. The first-order valence-electron chi connectivity index (χ1n) is 6.63.